The van der Waals surface area contributed by atoms with E-state index in [1.165, 1.54) is 0 Å². The van der Waals surface area contributed by atoms with Crippen molar-refractivity contribution in [3.05, 3.63) is 28.0 Å². The van der Waals surface area contributed by atoms with Gasteiger partial charge in [0.25, 0.3) is 0 Å². The van der Waals surface area contributed by atoms with Crippen molar-refractivity contribution in [3.8, 4) is 0 Å². The zero-order valence-corrected chi connectivity index (χ0v) is 12.0. The number of nitrogens with one attached hydrogen (secondary N) is 1. The first kappa shape index (κ1) is 13.6. The highest BCUT2D eigenvalue weighted by Crippen LogP contribution is 2.22. The molecule has 0 aliphatic rings. The summed E-state index contributed by atoms with van der Waals surface area (Å²) in [4.78, 5) is 3.15. The molecule has 0 bridgehead atoms. The molecular weight excluding hydrogens is 268 g/mol. The monoisotopic (exact) mass is 284 g/mol. The normalized spacial score (nSPS) is 11.2. The van der Waals surface area contributed by atoms with Crippen LogP contribution in [0.5, 0.6) is 0 Å². The highest BCUT2D eigenvalue weighted by molar-refractivity contribution is 7.71. The number of H-pyrrole nitrogens is 1. The molecule has 1 aromatic heterocycles. The summed E-state index contributed by atoms with van der Waals surface area (Å²) in [7, 11) is 0. The number of benzene rings is 1. The van der Waals surface area contributed by atoms with Crippen molar-refractivity contribution in [2.24, 2.45) is 0 Å². The van der Waals surface area contributed by atoms with Crippen molar-refractivity contribution in [2.45, 2.75) is 26.3 Å². The number of halogens is 1. The lowest BCUT2D eigenvalue weighted by atomic mass is 10.3. The van der Waals surface area contributed by atoms with Crippen LogP contribution in [0.3, 0.4) is 0 Å². The third kappa shape index (κ3) is 2.94. The molecule has 5 heteroatoms. The van der Waals surface area contributed by atoms with Crippen molar-refractivity contribution in [3.63, 3.8) is 0 Å². The molecule has 98 valence electrons. The van der Waals surface area contributed by atoms with Gasteiger partial charge in [0.15, 0.2) is 4.77 Å². The minimum Gasteiger partial charge on any atom is -0.381 e. The van der Waals surface area contributed by atoms with E-state index in [-0.39, 0.29) is 0 Å². The van der Waals surface area contributed by atoms with E-state index in [4.69, 9.17) is 28.6 Å². The van der Waals surface area contributed by atoms with Gasteiger partial charge < -0.3 is 14.3 Å². The zero-order valence-electron chi connectivity index (χ0n) is 10.4. The van der Waals surface area contributed by atoms with Gasteiger partial charge in [-0.05, 0) is 37.2 Å². The molecule has 1 heterocycles. The predicted molar refractivity (Wildman–Crippen MR) is 77.9 cm³/mol. The summed E-state index contributed by atoms with van der Waals surface area (Å²) in [6.07, 6.45) is 2.01. The van der Waals surface area contributed by atoms with Gasteiger partial charge in [0.05, 0.1) is 16.1 Å². The summed E-state index contributed by atoms with van der Waals surface area (Å²) in [5.74, 6) is 0. The summed E-state index contributed by atoms with van der Waals surface area (Å²) >= 11 is 11.5. The van der Waals surface area contributed by atoms with Crippen LogP contribution in [0.1, 0.15) is 19.8 Å². The summed E-state index contributed by atoms with van der Waals surface area (Å²) in [6, 6.07) is 5.83. The Labute approximate surface area is 117 Å². The molecule has 2 aromatic rings. The molecule has 0 amide bonds. The molecule has 0 saturated carbocycles. The Morgan fingerprint density at radius 3 is 3.00 bits per heavy atom. The minimum atomic E-state index is 0.708. The Kier molecular flexibility index (Phi) is 4.80. The molecule has 0 spiro atoms. The van der Waals surface area contributed by atoms with Crippen molar-refractivity contribution < 1.29 is 4.74 Å². The summed E-state index contributed by atoms with van der Waals surface area (Å²) < 4.78 is 8.26. The molecule has 0 saturated heterocycles. The average Bonchev–Trinajstić information content (AvgIpc) is 2.68. The second-order valence-electron chi connectivity index (χ2n) is 4.18. The molecule has 0 radical (unpaired) electrons. The van der Waals surface area contributed by atoms with E-state index in [1.807, 2.05) is 18.2 Å². The largest absolute Gasteiger partial charge is 0.381 e. The Balaban J connectivity index is 2.11. The Morgan fingerprint density at radius 2 is 2.22 bits per heavy atom. The SMILES string of the molecule is CCCOCCCn1c(=S)[nH]c2c(Cl)cccc21. The van der Waals surface area contributed by atoms with Crippen LogP contribution in [0.25, 0.3) is 11.0 Å². The number of nitrogens with zero attached hydrogens (tertiary/aromatic N) is 1. The van der Waals surface area contributed by atoms with E-state index < -0.39 is 0 Å². The summed E-state index contributed by atoms with van der Waals surface area (Å²) in [5.41, 5.74) is 1.97. The van der Waals surface area contributed by atoms with Crippen molar-refractivity contribution in [1.82, 2.24) is 9.55 Å². The first-order valence-electron chi connectivity index (χ1n) is 6.19. The Morgan fingerprint density at radius 1 is 1.39 bits per heavy atom. The van der Waals surface area contributed by atoms with Crippen LogP contribution in [-0.4, -0.2) is 22.8 Å². The van der Waals surface area contributed by atoms with Gasteiger partial charge in [-0.25, -0.2) is 0 Å². The number of ether oxygens (including phenoxy) is 1. The van der Waals surface area contributed by atoms with Gasteiger partial charge in [-0.15, -0.1) is 0 Å². The molecule has 0 atom stereocenters. The number of imidazole rings is 1. The fourth-order valence-corrected chi connectivity index (χ4v) is 2.45. The van der Waals surface area contributed by atoms with E-state index in [9.17, 15) is 0 Å². The molecular formula is C13H17ClN2OS. The maximum absolute atomic E-state index is 6.13. The fraction of sp³-hybridized carbons (Fsp3) is 0.462. The molecule has 18 heavy (non-hydrogen) atoms. The second-order valence-corrected chi connectivity index (χ2v) is 4.98. The maximum atomic E-state index is 6.13. The molecule has 1 aromatic carbocycles. The van der Waals surface area contributed by atoms with Crippen LogP contribution in [0.15, 0.2) is 18.2 Å². The van der Waals surface area contributed by atoms with E-state index in [0.29, 0.717) is 9.79 Å². The van der Waals surface area contributed by atoms with Gasteiger partial charge in [-0.1, -0.05) is 24.6 Å². The first-order chi connectivity index (χ1) is 8.74. The number of hydrogen-bond donors (Lipinski definition) is 1. The number of aromatic amines is 1. The van der Waals surface area contributed by atoms with Crippen molar-refractivity contribution in [1.29, 1.82) is 0 Å². The Hall–Kier alpha value is -0.840. The average molecular weight is 285 g/mol. The van der Waals surface area contributed by atoms with Gasteiger partial charge in [0, 0.05) is 19.8 Å². The molecule has 0 aliphatic carbocycles. The standard InChI is InChI=1S/C13H17ClN2OS/c1-2-8-17-9-4-7-16-11-6-3-5-10(14)12(11)15-13(16)18/h3,5-6H,2,4,7-9H2,1H3,(H,15,18). The van der Waals surface area contributed by atoms with Crippen LogP contribution in [0.2, 0.25) is 5.02 Å². The minimum absolute atomic E-state index is 0.708. The molecule has 0 unspecified atom stereocenters. The predicted octanol–water partition coefficient (Wildman–Crippen LogP) is 4.17. The molecule has 2 rings (SSSR count). The maximum Gasteiger partial charge on any atom is 0.178 e. The van der Waals surface area contributed by atoms with Crippen molar-refractivity contribution >= 4 is 34.9 Å². The highest BCUT2D eigenvalue weighted by Gasteiger charge is 2.06. The zero-order chi connectivity index (χ0) is 13.0. The molecule has 0 aliphatic heterocycles. The fourth-order valence-electron chi connectivity index (χ4n) is 1.94. The van der Waals surface area contributed by atoms with Crippen LogP contribution in [0, 0.1) is 4.77 Å². The van der Waals surface area contributed by atoms with Crippen molar-refractivity contribution in [2.75, 3.05) is 13.2 Å². The van der Waals surface area contributed by atoms with Gasteiger partial charge in [-0.3, -0.25) is 0 Å². The topological polar surface area (TPSA) is 29.9 Å². The van der Waals surface area contributed by atoms with Crippen LogP contribution in [0.4, 0.5) is 0 Å². The lowest BCUT2D eigenvalue weighted by Crippen LogP contribution is -2.03. The van der Waals surface area contributed by atoms with Gasteiger partial charge >= 0.3 is 0 Å². The number of fused-ring (bicyclic) bond motifs is 1. The van der Waals surface area contributed by atoms with Crippen LogP contribution >= 0.6 is 23.8 Å². The summed E-state index contributed by atoms with van der Waals surface area (Å²) in [5, 5.41) is 0.708. The van der Waals surface area contributed by atoms with E-state index in [1.54, 1.807) is 0 Å². The van der Waals surface area contributed by atoms with E-state index >= 15 is 0 Å². The molecule has 1 N–H and O–H groups in total. The number of para-hydroxylation sites is 1. The smallest absolute Gasteiger partial charge is 0.178 e. The molecule has 0 fully saturated rings. The van der Waals surface area contributed by atoms with Gasteiger partial charge in [-0.2, -0.15) is 0 Å². The summed E-state index contributed by atoms with van der Waals surface area (Å²) in [6.45, 7) is 4.55. The second kappa shape index (κ2) is 6.36. The van der Waals surface area contributed by atoms with Gasteiger partial charge in [0.1, 0.15) is 0 Å². The third-order valence-corrected chi connectivity index (χ3v) is 3.42. The lowest BCUT2D eigenvalue weighted by Gasteiger charge is -2.05. The quantitative estimate of drug-likeness (QED) is 0.637. The molecule has 3 nitrogen and oxygen atoms in total. The number of rotatable bonds is 6. The Bertz CT molecular complexity index is 576. The third-order valence-electron chi connectivity index (χ3n) is 2.78. The van der Waals surface area contributed by atoms with Gasteiger partial charge in [0.2, 0.25) is 0 Å². The number of hydrogen-bond acceptors (Lipinski definition) is 2. The number of aryl methyl sites for hydroxylation is 1. The van der Waals surface area contributed by atoms with Crippen LogP contribution in [-0.2, 0) is 11.3 Å². The van der Waals surface area contributed by atoms with E-state index in [2.05, 4.69) is 16.5 Å². The van der Waals surface area contributed by atoms with Crippen LogP contribution < -0.4 is 0 Å². The number of aromatic nitrogens is 2. The first-order valence-corrected chi connectivity index (χ1v) is 6.97. The lowest BCUT2D eigenvalue weighted by molar-refractivity contribution is 0.129. The highest BCUT2D eigenvalue weighted by atomic mass is 35.5. The van der Waals surface area contributed by atoms with E-state index in [0.717, 1.165) is 43.6 Å².